The van der Waals surface area contributed by atoms with Crippen molar-refractivity contribution >= 4 is 40.5 Å². The number of amides is 2. The Hall–Kier alpha value is -3.85. The van der Waals surface area contributed by atoms with Crippen LogP contribution in [0.4, 0.5) is 10.5 Å². The van der Waals surface area contributed by atoms with Gasteiger partial charge in [0.15, 0.2) is 0 Å². The second-order valence-corrected chi connectivity index (χ2v) is 9.97. The molecule has 9 heteroatoms. The third-order valence-corrected chi connectivity index (χ3v) is 6.24. The molecular weight excluding hydrogens is 464 g/mol. The summed E-state index contributed by atoms with van der Waals surface area (Å²) in [4.78, 5) is 48.3. The Kier molecular flexibility index (Phi) is 7.07. The summed E-state index contributed by atoms with van der Waals surface area (Å²) < 4.78 is 5.35. The Morgan fingerprint density at radius 3 is 2.49 bits per heavy atom. The van der Waals surface area contributed by atoms with Gasteiger partial charge in [-0.1, -0.05) is 69.3 Å². The number of fused-ring (bicyclic) bond motifs is 1. The lowest BCUT2D eigenvalue weighted by molar-refractivity contribution is -0.129. The molecule has 0 radical (unpaired) electrons. The molecule has 0 saturated heterocycles. The maximum atomic E-state index is 13.7. The van der Waals surface area contributed by atoms with E-state index in [1.807, 2.05) is 41.8 Å². The highest BCUT2D eigenvalue weighted by molar-refractivity contribution is 7.12. The minimum Gasteiger partial charge on any atom is -0.443 e. The highest BCUT2D eigenvalue weighted by atomic mass is 32.1. The first kappa shape index (κ1) is 24.3. The molecule has 0 aliphatic carbocycles. The fourth-order valence-electron chi connectivity index (χ4n) is 3.50. The van der Waals surface area contributed by atoms with Crippen LogP contribution in [0.5, 0.6) is 0 Å². The van der Waals surface area contributed by atoms with Gasteiger partial charge in [-0.2, -0.15) is 0 Å². The summed E-state index contributed by atoms with van der Waals surface area (Å²) in [6.45, 7) is 5.44. The molecule has 4 rings (SSSR count). The molecule has 8 nitrogen and oxygen atoms in total. The molecule has 0 saturated carbocycles. The summed E-state index contributed by atoms with van der Waals surface area (Å²) >= 11 is 1.38. The van der Waals surface area contributed by atoms with Crippen LogP contribution < -0.4 is 10.4 Å². The lowest BCUT2D eigenvalue weighted by atomic mass is 9.87. The predicted molar refractivity (Wildman–Crippen MR) is 134 cm³/mol. The van der Waals surface area contributed by atoms with E-state index in [4.69, 9.17) is 9.73 Å². The molecular formula is C26H26N4O4S. The number of carbonyl (C=O) groups is 3. The quantitative estimate of drug-likeness (QED) is 0.547. The Labute approximate surface area is 207 Å². The second-order valence-electron chi connectivity index (χ2n) is 9.07. The molecule has 1 aromatic heterocycles. The number of benzodiazepines with no additional fused rings is 1. The molecule has 1 atom stereocenters. The number of ketones is 1. The van der Waals surface area contributed by atoms with Crippen LogP contribution in [0.3, 0.4) is 0 Å². The number of aromatic nitrogens is 1. The third-order valence-electron chi connectivity index (χ3n) is 5.46. The van der Waals surface area contributed by atoms with E-state index in [0.717, 1.165) is 10.6 Å². The van der Waals surface area contributed by atoms with Crippen molar-refractivity contribution in [3.8, 4) is 0 Å². The van der Waals surface area contributed by atoms with Crippen LogP contribution in [0.15, 0.2) is 71.2 Å². The molecule has 1 unspecified atom stereocenters. The van der Waals surface area contributed by atoms with Gasteiger partial charge in [-0.3, -0.25) is 14.6 Å². The van der Waals surface area contributed by atoms with Crippen LogP contribution >= 0.6 is 11.3 Å². The minimum absolute atomic E-state index is 0.0448. The number of rotatable bonds is 6. The van der Waals surface area contributed by atoms with Crippen LogP contribution in [-0.4, -0.2) is 34.5 Å². The Morgan fingerprint density at radius 2 is 1.80 bits per heavy atom. The van der Waals surface area contributed by atoms with Gasteiger partial charge < -0.3 is 4.74 Å². The van der Waals surface area contributed by atoms with E-state index in [1.54, 1.807) is 45.2 Å². The van der Waals surface area contributed by atoms with E-state index in [1.165, 1.54) is 11.3 Å². The zero-order valence-electron chi connectivity index (χ0n) is 19.7. The highest BCUT2D eigenvalue weighted by Gasteiger charge is 2.37. The molecule has 0 spiro atoms. The fraction of sp³-hybridized carbons (Fsp3) is 0.269. The molecule has 0 fully saturated rings. The number of hydrogen-bond acceptors (Lipinski definition) is 7. The normalized spacial score (nSPS) is 15.6. The molecule has 1 aliphatic heterocycles. The van der Waals surface area contributed by atoms with Crippen LogP contribution in [0.1, 0.15) is 43.3 Å². The number of para-hydroxylation sites is 1. The van der Waals surface area contributed by atoms with Crippen molar-refractivity contribution in [1.82, 2.24) is 10.4 Å². The number of carbonyl (C=O) groups excluding carboxylic acids is 3. The first-order chi connectivity index (χ1) is 16.7. The SMILES string of the molecule is CC(C)(C)C(=O)CC1N=C(c2nccs2)c2ccccc2N(NC(=O)OCc2ccccc2)C1=O. The number of nitrogens with zero attached hydrogens (tertiary/aromatic N) is 3. The van der Waals surface area contributed by atoms with Crippen molar-refractivity contribution in [3.63, 3.8) is 0 Å². The average molecular weight is 491 g/mol. The van der Waals surface area contributed by atoms with Crippen LogP contribution in [-0.2, 0) is 20.9 Å². The topological polar surface area (TPSA) is 101 Å². The number of nitrogens with one attached hydrogen (secondary N) is 1. The summed E-state index contributed by atoms with van der Waals surface area (Å²) in [5.41, 5.74) is 4.27. The molecule has 2 aromatic carbocycles. The third kappa shape index (κ3) is 5.63. The number of hydrazine groups is 1. The zero-order valence-corrected chi connectivity index (χ0v) is 20.5. The van der Waals surface area contributed by atoms with Gasteiger partial charge in [0.1, 0.15) is 29.2 Å². The lowest BCUT2D eigenvalue weighted by Gasteiger charge is -2.26. The molecule has 2 amide bonds. The summed E-state index contributed by atoms with van der Waals surface area (Å²) in [5.74, 6) is -0.645. The Morgan fingerprint density at radius 1 is 1.09 bits per heavy atom. The van der Waals surface area contributed by atoms with Gasteiger partial charge in [-0.15, -0.1) is 11.3 Å². The van der Waals surface area contributed by atoms with Gasteiger partial charge >= 0.3 is 6.09 Å². The molecule has 0 bridgehead atoms. The molecule has 2 heterocycles. The predicted octanol–water partition coefficient (Wildman–Crippen LogP) is 4.54. The number of anilines is 1. The largest absolute Gasteiger partial charge is 0.443 e. The summed E-state index contributed by atoms with van der Waals surface area (Å²) in [6.07, 6.45) is 0.752. The van der Waals surface area contributed by atoms with Gasteiger partial charge in [0.2, 0.25) is 0 Å². The molecule has 1 N–H and O–H groups in total. The molecule has 3 aromatic rings. The Balaban J connectivity index is 1.68. The van der Waals surface area contributed by atoms with Gasteiger partial charge in [0.05, 0.1) is 5.69 Å². The van der Waals surface area contributed by atoms with Crippen molar-refractivity contribution in [2.45, 2.75) is 39.8 Å². The molecule has 1 aliphatic rings. The number of Topliss-reactive ketones (excluding diaryl/α,β-unsaturated/α-hetero) is 1. The van der Waals surface area contributed by atoms with E-state index in [9.17, 15) is 14.4 Å². The number of benzene rings is 2. The van der Waals surface area contributed by atoms with Crippen LogP contribution in [0, 0.1) is 5.41 Å². The molecule has 180 valence electrons. The van der Waals surface area contributed by atoms with Gasteiger partial charge in [0, 0.05) is 29.0 Å². The van der Waals surface area contributed by atoms with Crippen molar-refractivity contribution in [2.75, 3.05) is 5.01 Å². The smallest absolute Gasteiger partial charge is 0.426 e. The number of aliphatic imine (C=N–C) groups is 1. The first-order valence-corrected chi connectivity index (χ1v) is 12.0. The summed E-state index contributed by atoms with van der Waals surface area (Å²) in [6, 6.07) is 15.3. The van der Waals surface area contributed by atoms with E-state index in [2.05, 4.69) is 10.4 Å². The minimum atomic E-state index is -1.04. The molecule has 35 heavy (non-hydrogen) atoms. The van der Waals surface area contributed by atoms with Crippen LogP contribution in [0.25, 0.3) is 0 Å². The van der Waals surface area contributed by atoms with Crippen molar-refractivity contribution in [3.05, 3.63) is 82.3 Å². The zero-order chi connectivity index (χ0) is 25.0. The van der Waals surface area contributed by atoms with Crippen molar-refractivity contribution < 1.29 is 19.1 Å². The van der Waals surface area contributed by atoms with E-state index >= 15 is 0 Å². The standard InChI is InChI=1S/C26H26N4O4S/c1-26(2,3)21(31)15-19-24(32)30(29-25(33)34-16-17-9-5-4-6-10-17)20-12-8-7-11-18(20)22(28-19)23-27-13-14-35-23/h4-14,19H,15-16H2,1-3H3,(H,29,33). The fourth-order valence-corrected chi connectivity index (χ4v) is 4.15. The number of ether oxygens (including phenoxy) is 1. The van der Waals surface area contributed by atoms with Gasteiger partial charge in [-0.25, -0.2) is 20.2 Å². The average Bonchev–Trinajstić information content (AvgIpc) is 3.35. The lowest BCUT2D eigenvalue weighted by Crippen LogP contribution is -2.50. The highest BCUT2D eigenvalue weighted by Crippen LogP contribution is 2.30. The summed E-state index contributed by atoms with van der Waals surface area (Å²) in [7, 11) is 0. The summed E-state index contributed by atoms with van der Waals surface area (Å²) in [5, 5.41) is 3.57. The van der Waals surface area contributed by atoms with Crippen LogP contribution in [0.2, 0.25) is 0 Å². The first-order valence-electron chi connectivity index (χ1n) is 11.2. The monoisotopic (exact) mass is 490 g/mol. The number of thiazole rings is 1. The van der Waals surface area contributed by atoms with Gasteiger partial charge in [0.25, 0.3) is 5.91 Å². The van der Waals surface area contributed by atoms with Crippen molar-refractivity contribution in [1.29, 1.82) is 0 Å². The van der Waals surface area contributed by atoms with E-state index in [0.29, 0.717) is 22.0 Å². The van der Waals surface area contributed by atoms with E-state index in [-0.39, 0.29) is 18.8 Å². The van der Waals surface area contributed by atoms with Crippen molar-refractivity contribution in [2.24, 2.45) is 10.4 Å². The van der Waals surface area contributed by atoms with Gasteiger partial charge in [-0.05, 0) is 11.6 Å². The second kappa shape index (κ2) is 10.2. The maximum absolute atomic E-state index is 13.7. The Bertz CT molecular complexity index is 1250. The number of hydrogen-bond donors (Lipinski definition) is 1. The maximum Gasteiger partial charge on any atom is 0.426 e. The van der Waals surface area contributed by atoms with E-state index < -0.39 is 23.5 Å².